The molecule has 3 unspecified atom stereocenters. The summed E-state index contributed by atoms with van der Waals surface area (Å²) in [5, 5.41) is 0. The van der Waals surface area contributed by atoms with Crippen LogP contribution in [0.15, 0.2) is 54.6 Å². The van der Waals surface area contributed by atoms with Gasteiger partial charge in [0, 0.05) is 68.8 Å². The van der Waals surface area contributed by atoms with E-state index in [1.165, 1.54) is 90.3 Å². The van der Waals surface area contributed by atoms with Crippen LogP contribution in [0.2, 0.25) is 19.0 Å². The smallest absolute Gasteiger partial charge is 0.302 e. The Labute approximate surface area is 408 Å². The Bertz CT molecular complexity index is 1890. The van der Waals surface area contributed by atoms with Crippen molar-refractivity contribution in [1.29, 1.82) is 0 Å². The Morgan fingerprint density at radius 1 is 0.717 bits per heavy atom. The van der Waals surface area contributed by atoms with Gasteiger partial charge in [0.05, 0.1) is 11.7 Å². The molecular formula is C50H72ArB3O4S2. The number of esters is 1. The van der Waals surface area contributed by atoms with E-state index in [1.54, 1.807) is 0 Å². The van der Waals surface area contributed by atoms with Crippen molar-refractivity contribution in [1.82, 2.24) is 0 Å². The summed E-state index contributed by atoms with van der Waals surface area (Å²) in [7, 11) is 8.29. The number of benzene rings is 3. The monoisotopic (exact) mass is 873 g/mol. The largest absolute Gasteiger partial charge is 0.469 e. The van der Waals surface area contributed by atoms with Crippen LogP contribution in [0.4, 0.5) is 0 Å². The van der Waals surface area contributed by atoms with Gasteiger partial charge in [-0.05, 0) is 55.5 Å². The summed E-state index contributed by atoms with van der Waals surface area (Å²) < 4.78 is 4.21. The van der Waals surface area contributed by atoms with Crippen LogP contribution in [0.1, 0.15) is 166 Å². The van der Waals surface area contributed by atoms with E-state index < -0.39 is 0 Å². The van der Waals surface area contributed by atoms with Crippen LogP contribution in [0.5, 0.6) is 0 Å². The van der Waals surface area contributed by atoms with Gasteiger partial charge in [0.1, 0.15) is 12.1 Å². The summed E-state index contributed by atoms with van der Waals surface area (Å²) in [4.78, 5) is 33.0. The van der Waals surface area contributed by atoms with E-state index in [1.807, 2.05) is 6.92 Å². The van der Waals surface area contributed by atoms with Crippen LogP contribution in [0.25, 0.3) is 0 Å². The Hall–Kier alpha value is -1.38. The normalized spacial score (nSPS) is 18.6. The first-order valence-corrected chi connectivity index (χ1v) is 22.6. The molecule has 4 aliphatic rings. The van der Waals surface area contributed by atoms with Crippen molar-refractivity contribution in [3.05, 3.63) is 88.0 Å². The summed E-state index contributed by atoms with van der Waals surface area (Å²) in [6, 6.07) is 19.9. The quantitative estimate of drug-likeness (QED) is 0.0779. The van der Waals surface area contributed by atoms with Crippen LogP contribution in [0.3, 0.4) is 0 Å². The summed E-state index contributed by atoms with van der Waals surface area (Å²) >= 11 is 8.82. The average molecular weight is 874 g/mol. The molecule has 0 spiro atoms. The molecule has 60 heavy (non-hydrogen) atoms. The molecule has 3 aromatic rings. The van der Waals surface area contributed by atoms with Crippen molar-refractivity contribution >= 4 is 81.5 Å². The third-order valence-corrected chi connectivity index (χ3v) is 14.0. The Morgan fingerprint density at radius 3 is 1.50 bits per heavy atom. The summed E-state index contributed by atoms with van der Waals surface area (Å²) in [5.74, 6) is 1.27. The van der Waals surface area contributed by atoms with E-state index in [4.69, 9.17) is 0 Å². The predicted molar refractivity (Wildman–Crippen MR) is 263 cm³/mol. The van der Waals surface area contributed by atoms with Gasteiger partial charge in [-0.1, -0.05) is 192 Å². The summed E-state index contributed by atoms with van der Waals surface area (Å²) in [5.41, 5.74) is 12.8. The second-order valence-electron chi connectivity index (χ2n) is 19.1. The fourth-order valence-electron chi connectivity index (χ4n) is 8.56. The number of thiol groups is 2. The minimum atomic E-state index is -0.245. The van der Waals surface area contributed by atoms with Gasteiger partial charge in [-0.3, -0.25) is 9.59 Å². The van der Waals surface area contributed by atoms with Crippen molar-refractivity contribution in [3.8, 4) is 0 Å². The van der Waals surface area contributed by atoms with Gasteiger partial charge in [0.2, 0.25) is 0 Å². The molecule has 0 amide bonds. The molecule has 0 bridgehead atoms. The first-order chi connectivity index (χ1) is 27.2. The number of ketones is 1. The predicted octanol–water partition coefficient (Wildman–Crippen LogP) is 10.2. The van der Waals surface area contributed by atoms with E-state index in [-0.39, 0.29) is 83.8 Å². The number of ether oxygens (including phenoxy) is 1. The van der Waals surface area contributed by atoms with Gasteiger partial charge in [-0.15, -0.1) is 0 Å². The topological polar surface area (TPSA) is 60.4 Å². The first-order valence-electron chi connectivity index (χ1n) is 21.5. The van der Waals surface area contributed by atoms with Crippen molar-refractivity contribution < 1.29 is 56.9 Å². The maximum absolute atomic E-state index is 12.7. The van der Waals surface area contributed by atoms with Crippen LogP contribution in [-0.4, -0.2) is 51.6 Å². The number of hydrogen-bond donors (Lipinski definition) is 2. The number of carbonyl (C=O) groups excluding carboxylic acids is 3. The van der Waals surface area contributed by atoms with Crippen LogP contribution >= 0.6 is 25.3 Å². The van der Waals surface area contributed by atoms with Gasteiger partial charge < -0.3 is 9.53 Å². The number of Topliss-reactive ketones (excluding diaryl/α,β-unsaturated/α-hetero) is 1. The van der Waals surface area contributed by atoms with Gasteiger partial charge in [-0.25, -0.2) is 0 Å². The zero-order valence-corrected chi connectivity index (χ0v) is 40.1. The molecule has 0 saturated heterocycles. The van der Waals surface area contributed by atoms with Crippen molar-refractivity contribution in [3.63, 3.8) is 0 Å². The molecule has 1 fully saturated rings. The van der Waals surface area contributed by atoms with Gasteiger partial charge in [-0.2, -0.15) is 25.3 Å². The number of rotatable bonds is 8. The summed E-state index contributed by atoms with van der Waals surface area (Å²) in [6.07, 6.45) is 11.6. The molecule has 10 heteroatoms. The van der Waals surface area contributed by atoms with E-state index in [2.05, 4.69) is 162 Å². The maximum atomic E-state index is 12.7. The number of aldehydes is 1. The van der Waals surface area contributed by atoms with Crippen LogP contribution in [0, 0.1) is 43.7 Å². The first kappa shape index (κ1) is 54.8. The molecule has 3 atom stereocenters. The van der Waals surface area contributed by atoms with Crippen molar-refractivity contribution in [2.45, 2.75) is 173 Å². The second-order valence-corrected chi connectivity index (χ2v) is 20.7. The average Bonchev–Trinajstić information content (AvgIpc) is 3.81. The van der Waals surface area contributed by atoms with E-state index in [0.29, 0.717) is 17.6 Å². The minimum absolute atomic E-state index is 0. The van der Waals surface area contributed by atoms with E-state index in [9.17, 15) is 14.4 Å². The molecule has 0 N–H and O–H groups in total. The molecule has 3 heterocycles. The van der Waals surface area contributed by atoms with Crippen LogP contribution < -0.4 is 16.4 Å². The number of fused-ring (bicyclic) bond motifs is 3. The molecule has 325 valence electrons. The molecule has 4 nitrogen and oxygen atoms in total. The zero-order valence-electron chi connectivity index (χ0n) is 37.6. The van der Waals surface area contributed by atoms with Gasteiger partial charge >= 0.3 is 5.97 Å². The number of hydrogen-bond acceptors (Lipinski definition) is 6. The Morgan fingerprint density at radius 2 is 1.10 bits per heavy atom. The SMILES string of the molecule is C.CC(C(=O)CC1CCCCC1)c1ccc2c(c1)C(C)(C)C[B]2.CC(C=O)c1ccc2c(c1)C(C)(C)C[B]2.CC(c1ccc2c(c1)C(C)(C)C[B]2)C(S)S.COC(C)=O.[Ar]. The third kappa shape index (κ3) is 14.6. The van der Waals surface area contributed by atoms with Crippen molar-refractivity contribution in [2.24, 2.45) is 5.92 Å². The third-order valence-electron chi connectivity index (χ3n) is 13.1. The molecule has 1 saturated carbocycles. The standard InChI is InChI=1S/C20H28BO.C13H16BO.C13H18BS2.C3H6O2.CH4.Ar/c1-14(19(22)11-15-7-5-4-6-8-15)16-9-10-18-17(12-16)20(2,3)13-21-18;1-9(7-15)10-4-5-12-11(6-10)13(2,3)8-14-12;1-8(12(15)16)9-4-5-11-10(6-9)13(2,3)7-14-11;1-3(4)5-2;;/h9-10,12,14-15H,4-8,11,13H2,1-3H3;4-7,9H,8H2,1-3H3;4-6,8,12,15-16H,7H2,1-3H3;1-2H3;1H4;. The molecule has 0 aromatic heterocycles. The number of carbonyl (C=O) groups is 3. The Balaban J connectivity index is 0.000000294. The number of methoxy groups -OCH3 is 1. The van der Waals surface area contributed by atoms with Crippen molar-refractivity contribution in [2.75, 3.05) is 7.11 Å². The van der Waals surface area contributed by atoms with Crippen LogP contribution in [-0.2, 0) is 35.4 Å². The molecule has 3 aromatic carbocycles. The van der Waals surface area contributed by atoms with E-state index >= 15 is 0 Å². The summed E-state index contributed by atoms with van der Waals surface area (Å²) in [6.45, 7) is 21.3. The van der Waals surface area contributed by atoms with Gasteiger partial charge in [0.15, 0.2) is 21.8 Å². The second kappa shape index (κ2) is 24.1. The zero-order chi connectivity index (χ0) is 43.0. The minimum Gasteiger partial charge on any atom is -0.469 e. The van der Waals surface area contributed by atoms with Gasteiger partial charge in [0.25, 0.3) is 0 Å². The molecular weight excluding hydrogens is 801 g/mol. The molecule has 3 aliphatic heterocycles. The maximum Gasteiger partial charge on any atom is 0.302 e. The Kier molecular flexibility index (Phi) is 22.0. The van der Waals surface area contributed by atoms with E-state index in [0.717, 1.165) is 37.2 Å². The molecule has 1 aliphatic carbocycles. The fourth-order valence-corrected chi connectivity index (χ4v) is 8.91. The molecule has 3 radical (unpaired) electrons. The fraction of sp³-hybridized carbons (Fsp3) is 0.580. The molecule has 7 rings (SSSR count).